The van der Waals surface area contributed by atoms with E-state index < -0.39 is 12.0 Å². The molecule has 2 aromatic heterocycles. The molecule has 3 aliphatic rings. The minimum atomic E-state index is -3.03. The fourth-order valence-corrected chi connectivity index (χ4v) is 5.40. The lowest BCUT2D eigenvalue weighted by molar-refractivity contribution is -0.118. The van der Waals surface area contributed by atoms with Gasteiger partial charge in [0.2, 0.25) is 5.91 Å². The highest BCUT2D eigenvalue weighted by Gasteiger charge is 2.65. The van der Waals surface area contributed by atoms with Gasteiger partial charge in [-0.1, -0.05) is 6.07 Å². The third-order valence-electron chi connectivity index (χ3n) is 7.54. The van der Waals surface area contributed by atoms with E-state index in [9.17, 15) is 13.6 Å². The SMILES string of the molecule is COc1ccc2c(c1)[C@]1(CC1c1ccc3c(Nc4nc(C5COC5)ncc4OC(F)F)n[nH]c3c1)C(=O)N2. The van der Waals surface area contributed by atoms with Crippen LogP contribution >= 0.6 is 0 Å². The van der Waals surface area contributed by atoms with Gasteiger partial charge < -0.3 is 24.8 Å². The number of H-pyrrole nitrogens is 1. The van der Waals surface area contributed by atoms with Crippen LogP contribution in [0.15, 0.2) is 42.6 Å². The van der Waals surface area contributed by atoms with Crippen molar-refractivity contribution in [3.63, 3.8) is 0 Å². The maximum absolute atomic E-state index is 13.0. The Bertz CT molecular complexity index is 1590. The number of hydrogen-bond acceptors (Lipinski definition) is 8. The van der Waals surface area contributed by atoms with Crippen LogP contribution in [-0.4, -0.2) is 53.0 Å². The Morgan fingerprint density at radius 3 is 2.82 bits per heavy atom. The summed E-state index contributed by atoms with van der Waals surface area (Å²) in [4.78, 5) is 21.6. The molecule has 12 heteroatoms. The van der Waals surface area contributed by atoms with Gasteiger partial charge in [0, 0.05) is 17.0 Å². The maximum Gasteiger partial charge on any atom is 0.387 e. The first-order valence-electron chi connectivity index (χ1n) is 12.1. The van der Waals surface area contributed by atoms with Crippen LogP contribution in [0.3, 0.4) is 0 Å². The smallest absolute Gasteiger partial charge is 0.387 e. The van der Waals surface area contributed by atoms with Crippen LogP contribution in [0.25, 0.3) is 10.9 Å². The molecule has 194 valence electrons. The average Bonchev–Trinajstić information content (AvgIpc) is 3.42. The number of benzene rings is 2. The number of nitrogens with one attached hydrogen (secondary N) is 3. The summed E-state index contributed by atoms with van der Waals surface area (Å²) >= 11 is 0. The van der Waals surface area contributed by atoms with E-state index in [1.54, 1.807) is 7.11 Å². The normalized spacial score (nSPS) is 21.9. The summed E-state index contributed by atoms with van der Waals surface area (Å²) < 4.78 is 41.2. The lowest BCUT2D eigenvalue weighted by Crippen LogP contribution is -2.27. The minimum absolute atomic E-state index is 0.000119. The maximum atomic E-state index is 13.0. The average molecular weight is 520 g/mol. The molecule has 1 spiro atoms. The molecule has 7 rings (SSSR count). The van der Waals surface area contributed by atoms with Gasteiger partial charge in [-0.3, -0.25) is 9.89 Å². The van der Waals surface area contributed by atoms with Crippen LogP contribution in [0.4, 0.5) is 26.1 Å². The fourth-order valence-electron chi connectivity index (χ4n) is 5.40. The van der Waals surface area contributed by atoms with Crippen molar-refractivity contribution in [2.75, 3.05) is 31.0 Å². The van der Waals surface area contributed by atoms with Crippen molar-refractivity contribution in [1.29, 1.82) is 0 Å². The number of halogens is 2. The van der Waals surface area contributed by atoms with E-state index >= 15 is 0 Å². The second-order valence-electron chi connectivity index (χ2n) is 9.65. The zero-order valence-corrected chi connectivity index (χ0v) is 20.1. The number of anilines is 3. The number of methoxy groups -OCH3 is 1. The zero-order valence-electron chi connectivity index (χ0n) is 20.1. The third kappa shape index (κ3) is 3.47. The molecule has 0 bridgehead atoms. The monoisotopic (exact) mass is 520 g/mol. The summed E-state index contributed by atoms with van der Waals surface area (Å²) in [6, 6.07) is 11.4. The molecule has 1 unspecified atom stereocenters. The predicted molar refractivity (Wildman–Crippen MR) is 132 cm³/mol. The second kappa shape index (κ2) is 8.35. The van der Waals surface area contributed by atoms with Gasteiger partial charge in [-0.05, 0) is 47.9 Å². The van der Waals surface area contributed by atoms with Crippen molar-refractivity contribution in [2.24, 2.45) is 0 Å². The van der Waals surface area contributed by atoms with Gasteiger partial charge in [0.05, 0.1) is 43.4 Å². The third-order valence-corrected chi connectivity index (χ3v) is 7.54. The Labute approximate surface area is 214 Å². The van der Waals surface area contributed by atoms with Crippen molar-refractivity contribution in [2.45, 2.75) is 30.3 Å². The number of carbonyl (C=O) groups is 1. The lowest BCUT2D eigenvalue weighted by atomic mass is 9.91. The van der Waals surface area contributed by atoms with Gasteiger partial charge in [-0.15, -0.1) is 0 Å². The number of nitrogens with zero attached hydrogens (tertiary/aromatic N) is 3. The van der Waals surface area contributed by atoms with E-state index in [0.717, 1.165) is 27.7 Å². The van der Waals surface area contributed by atoms with E-state index in [1.807, 2.05) is 36.4 Å². The fraction of sp³-hybridized carbons (Fsp3) is 0.308. The highest BCUT2D eigenvalue weighted by atomic mass is 19.3. The second-order valence-corrected chi connectivity index (χ2v) is 9.65. The summed E-state index contributed by atoms with van der Waals surface area (Å²) in [5, 5.41) is 14.1. The number of hydrogen-bond donors (Lipinski definition) is 3. The molecule has 1 saturated carbocycles. The predicted octanol–water partition coefficient (Wildman–Crippen LogP) is 4.20. The van der Waals surface area contributed by atoms with Gasteiger partial charge in [0.1, 0.15) is 11.6 Å². The Morgan fingerprint density at radius 2 is 2.05 bits per heavy atom. The molecular formula is C26H22F2N6O4. The van der Waals surface area contributed by atoms with Gasteiger partial charge in [-0.2, -0.15) is 13.9 Å². The minimum Gasteiger partial charge on any atom is -0.497 e. The number of aromatic nitrogens is 4. The molecule has 1 saturated heterocycles. The molecule has 3 N–H and O–H groups in total. The highest BCUT2D eigenvalue weighted by molar-refractivity contribution is 6.10. The molecule has 2 aromatic carbocycles. The molecule has 2 fully saturated rings. The number of aromatic amines is 1. The number of ether oxygens (including phenoxy) is 3. The summed E-state index contributed by atoms with van der Waals surface area (Å²) in [5.41, 5.74) is 2.86. The summed E-state index contributed by atoms with van der Waals surface area (Å²) in [6.45, 7) is -2.08. The number of rotatable bonds is 7. The van der Waals surface area contributed by atoms with Crippen molar-refractivity contribution in [1.82, 2.24) is 20.2 Å². The quantitative estimate of drug-likeness (QED) is 0.331. The Hall–Kier alpha value is -4.32. The summed E-state index contributed by atoms with van der Waals surface area (Å²) in [5.74, 6) is 1.48. The first-order valence-corrected chi connectivity index (χ1v) is 12.1. The van der Waals surface area contributed by atoms with E-state index in [-0.39, 0.29) is 29.3 Å². The molecule has 1 amide bonds. The van der Waals surface area contributed by atoms with Gasteiger partial charge >= 0.3 is 6.61 Å². The van der Waals surface area contributed by atoms with E-state index in [0.29, 0.717) is 37.0 Å². The molecule has 1 aliphatic carbocycles. The summed E-state index contributed by atoms with van der Waals surface area (Å²) in [6.07, 6.45) is 1.92. The van der Waals surface area contributed by atoms with Crippen molar-refractivity contribution < 1.29 is 27.8 Å². The molecule has 4 aromatic rings. The topological polar surface area (TPSA) is 123 Å². The summed E-state index contributed by atoms with van der Waals surface area (Å²) in [7, 11) is 1.60. The highest BCUT2D eigenvalue weighted by Crippen LogP contribution is 2.65. The Kier molecular flexibility index (Phi) is 5.02. The Morgan fingerprint density at radius 1 is 1.18 bits per heavy atom. The van der Waals surface area contributed by atoms with Gasteiger partial charge in [0.15, 0.2) is 17.4 Å². The first-order chi connectivity index (χ1) is 18.5. The van der Waals surface area contributed by atoms with Gasteiger partial charge in [0.25, 0.3) is 0 Å². The van der Waals surface area contributed by atoms with E-state index in [2.05, 4.69) is 35.5 Å². The molecule has 38 heavy (non-hydrogen) atoms. The van der Waals surface area contributed by atoms with Crippen LogP contribution in [0.1, 0.15) is 35.2 Å². The zero-order chi connectivity index (χ0) is 26.0. The Balaban J connectivity index is 1.19. The van der Waals surface area contributed by atoms with Crippen molar-refractivity contribution in [3.05, 3.63) is 59.5 Å². The molecule has 2 atom stereocenters. The molecule has 4 heterocycles. The first kappa shape index (κ1) is 22.8. The number of carbonyl (C=O) groups excluding carboxylic acids is 1. The van der Waals surface area contributed by atoms with Crippen LogP contribution in [0, 0.1) is 0 Å². The molecule has 2 aliphatic heterocycles. The van der Waals surface area contributed by atoms with Crippen LogP contribution in [0.5, 0.6) is 11.5 Å². The van der Waals surface area contributed by atoms with E-state index in [1.165, 1.54) is 6.20 Å². The van der Waals surface area contributed by atoms with Gasteiger partial charge in [-0.25, -0.2) is 9.97 Å². The molecular weight excluding hydrogens is 498 g/mol. The number of amides is 1. The van der Waals surface area contributed by atoms with Crippen LogP contribution < -0.4 is 20.1 Å². The van der Waals surface area contributed by atoms with Crippen LogP contribution in [0.2, 0.25) is 0 Å². The van der Waals surface area contributed by atoms with Crippen LogP contribution in [-0.2, 0) is 14.9 Å². The largest absolute Gasteiger partial charge is 0.497 e. The van der Waals surface area contributed by atoms with E-state index in [4.69, 9.17) is 9.47 Å². The molecule has 10 nitrogen and oxygen atoms in total. The molecule has 0 radical (unpaired) electrons. The van der Waals surface area contributed by atoms with Crippen molar-refractivity contribution >= 4 is 34.1 Å². The van der Waals surface area contributed by atoms with Crippen molar-refractivity contribution in [3.8, 4) is 11.5 Å². The lowest BCUT2D eigenvalue weighted by Gasteiger charge is -2.25. The number of fused-ring (bicyclic) bond motifs is 3. The standard InChI is InChI=1S/C26H22F2N6O4/c1-36-14-3-5-18-16(7-14)26(24(35)30-18)8-17(26)12-2-4-15-19(6-12)33-34-22(15)32-23-20(38-25(27)28)9-29-21(31-23)13-10-37-11-13/h2-7,9,13,17,25H,8,10-11H2,1H3,(H,30,35)(H2,29,31,32,33,34)/t17?,26-/m0/s1. The number of alkyl halides is 2.